The van der Waals surface area contributed by atoms with Crippen molar-refractivity contribution in [2.24, 2.45) is 5.41 Å². The molecule has 0 fully saturated rings. The van der Waals surface area contributed by atoms with Gasteiger partial charge in [-0.1, -0.05) is 56.6 Å². The quantitative estimate of drug-likeness (QED) is 0.811. The molecule has 7 heteroatoms. The van der Waals surface area contributed by atoms with Crippen molar-refractivity contribution in [2.45, 2.75) is 33.9 Å². The topological polar surface area (TPSA) is 90.1 Å². The maximum Gasteiger partial charge on any atom is 0.225 e. The van der Waals surface area contributed by atoms with Gasteiger partial charge in [0.2, 0.25) is 17.7 Å². The fraction of sp³-hybridized carbons (Fsp3) is 0.353. The third-order valence-corrected chi connectivity index (χ3v) is 3.43. The van der Waals surface area contributed by atoms with E-state index in [0.29, 0.717) is 19.0 Å². The highest BCUT2D eigenvalue weighted by molar-refractivity contribution is 6.29. The molecule has 0 aliphatic rings. The molecule has 1 aromatic heterocycles. The van der Waals surface area contributed by atoms with Crippen molar-refractivity contribution in [1.82, 2.24) is 15.3 Å². The number of amides is 1. The molecule has 1 aromatic carbocycles. The molecule has 1 heterocycles. The second kappa shape index (κ2) is 7.49. The van der Waals surface area contributed by atoms with E-state index in [4.69, 9.17) is 22.1 Å². The first-order chi connectivity index (χ1) is 11.2. The highest BCUT2D eigenvalue weighted by Crippen LogP contribution is 2.16. The number of hydrogen-bond donors (Lipinski definition) is 2. The minimum atomic E-state index is -0.394. The average Bonchev–Trinajstić information content (AvgIpc) is 2.49. The summed E-state index contributed by atoms with van der Waals surface area (Å²) in [6.07, 6.45) is 0. The fourth-order valence-corrected chi connectivity index (χ4v) is 2.03. The summed E-state index contributed by atoms with van der Waals surface area (Å²) in [5, 5.41) is 3.15. The highest BCUT2D eigenvalue weighted by atomic mass is 35.5. The van der Waals surface area contributed by atoms with Crippen LogP contribution in [0.15, 0.2) is 30.3 Å². The Morgan fingerprint density at radius 2 is 1.83 bits per heavy atom. The zero-order valence-electron chi connectivity index (χ0n) is 14.0. The van der Waals surface area contributed by atoms with Gasteiger partial charge in [-0.25, -0.2) is 4.98 Å². The van der Waals surface area contributed by atoms with Gasteiger partial charge >= 0.3 is 0 Å². The van der Waals surface area contributed by atoms with Crippen molar-refractivity contribution < 1.29 is 9.53 Å². The van der Waals surface area contributed by atoms with E-state index < -0.39 is 5.41 Å². The number of nitrogens with two attached hydrogens (primary N) is 1. The van der Waals surface area contributed by atoms with Crippen LogP contribution in [-0.2, 0) is 17.9 Å². The molecule has 0 aliphatic carbocycles. The van der Waals surface area contributed by atoms with Gasteiger partial charge in [0.1, 0.15) is 11.8 Å². The number of carbonyl (C=O) groups is 1. The first-order valence-corrected chi connectivity index (χ1v) is 7.91. The Kier molecular flexibility index (Phi) is 5.62. The molecule has 3 N–H and O–H groups in total. The molecule has 0 saturated carbocycles. The maximum atomic E-state index is 11.9. The summed E-state index contributed by atoms with van der Waals surface area (Å²) in [5.74, 6) is 0.421. The second-order valence-corrected chi connectivity index (χ2v) is 6.81. The van der Waals surface area contributed by atoms with E-state index in [1.54, 1.807) is 0 Å². The molecule has 0 bridgehead atoms. The lowest BCUT2D eigenvalue weighted by atomic mass is 9.95. The van der Waals surface area contributed by atoms with Crippen LogP contribution >= 0.6 is 11.6 Å². The average molecular weight is 349 g/mol. The van der Waals surface area contributed by atoms with Gasteiger partial charge in [0.25, 0.3) is 0 Å². The van der Waals surface area contributed by atoms with Crippen LogP contribution in [0.5, 0.6) is 5.88 Å². The molecule has 2 rings (SSSR count). The number of carbonyl (C=O) groups excluding carboxylic acids is 1. The monoisotopic (exact) mass is 348 g/mol. The number of ether oxygens (including phenoxy) is 1. The van der Waals surface area contributed by atoms with E-state index in [2.05, 4.69) is 15.3 Å². The Hall–Kier alpha value is -2.34. The number of anilines is 1. The number of hydrogen-bond acceptors (Lipinski definition) is 5. The summed E-state index contributed by atoms with van der Waals surface area (Å²) in [4.78, 5) is 19.6. The lowest BCUT2D eigenvalue weighted by molar-refractivity contribution is -0.128. The number of nitrogens with zero attached hydrogens (tertiary/aromatic N) is 2. The SMILES string of the molecule is CC(C)(C)C(=O)NCc1ccc(COc2cc(Cl)nc(N)n2)cc1. The Morgan fingerprint density at radius 1 is 1.21 bits per heavy atom. The first kappa shape index (κ1) is 18.0. The van der Waals surface area contributed by atoms with Crippen LogP contribution in [0.25, 0.3) is 0 Å². The zero-order chi connectivity index (χ0) is 17.7. The van der Waals surface area contributed by atoms with E-state index >= 15 is 0 Å². The lowest BCUT2D eigenvalue weighted by Gasteiger charge is -2.17. The maximum absolute atomic E-state index is 11.9. The molecule has 6 nitrogen and oxygen atoms in total. The summed E-state index contributed by atoms with van der Waals surface area (Å²) >= 11 is 5.80. The third kappa shape index (κ3) is 5.38. The molecule has 1 amide bonds. The summed E-state index contributed by atoms with van der Waals surface area (Å²) in [5.41, 5.74) is 7.11. The van der Waals surface area contributed by atoms with Crippen LogP contribution in [0, 0.1) is 5.41 Å². The van der Waals surface area contributed by atoms with Crippen LogP contribution in [-0.4, -0.2) is 15.9 Å². The largest absolute Gasteiger partial charge is 0.473 e. The number of halogens is 1. The van der Waals surface area contributed by atoms with Crippen LogP contribution in [0.2, 0.25) is 5.15 Å². The molecule has 0 saturated heterocycles. The van der Waals surface area contributed by atoms with Crippen molar-refractivity contribution in [2.75, 3.05) is 5.73 Å². The van der Waals surface area contributed by atoms with Crippen molar-refractivity contribution in [1.29, 1.82) is 0 Å². The van der Waals surface area contributed by atoms with E-state index in [-0.39, 0.29) is 17.0 Å². The lowest BCUT2D eigenvalue weighted by Crippen LogP contribution is -2.34. The van der Waals surface area contributed by atoms with Gasteiger partial charge in [0.05, 0.1) is 0 Å². The minimum Gasteiger partial charge on any atom is -0.473 e. The summed E-state index contributed by atoms with van der Waals surface area (Å²) < 4.78 is 5.55. The van der Waals surface area contributed by atoms with Gasteiger partial charge in [0, 0.05) is 18.0 Å². The molecule has 0 spiro atoms. The Morgan fingerprint density at radius 3 is 2.42 bits per heavy atom. The number of benzene rings is 1. The number of nitrogen functional groups attached to an aromatic ring is 1. The Labute approximate surface area is 146 Å². The molecule has 0 radical (unpaired) electrons. The minimum absolute atomic E-state index is 0.0214. The fourth-order valence-electron chi connectivity index (χ4n) is 1.85. The Bertz CT molecular complexity index is 691. The van der Waals surface area contributed by atoms with Gasteiger partial charge in [-0.05, 0) is 11.1 Å². The van der Waals surface area contributed by atoms with E-state index in [1.165, 1.54) is 6.07 Å². The van der Waals surface area contributed by atoms with E-state index in [1.807, 2.05) is 45.0 Å². The van der Waals surface area contributed by atoms with Crippen LogP contribution in [0.3, 0.4) is 0 Å². The molecule has 2 aromatic rings. The van der Waals surface area contributed by atoms with E-state index in [0.717, 1.165) is 11.1 Å². The molecule has 0 aliphatic heterocycles. The third-order valence-electron chi connectivity index (χ3n) is 3.23. The smallest absolute Gasteiger partial charge is 0.225 e. The number of nitrogens with one attached hydrogen (secondary N) is 1. The van der Waals surface area contributed by atoms with Crippen LogP contribution < -0.4 is 15.8 Å². The van der Waals surface area contributed by atoms with Crippen LogP contribution in [0.1, 0.15) is 31.9 Å². The van der Waals surface area contributed by atoms with Gasteiger partial charge in [-0.2, -0.15) is 4.98 Å². The molecular formula is C17H21ClN4O2. The van der Waals surface area contributed by atoms with E-state index in [9.17, 15) is 4.79 Å². The van der Waals surface area contributed by atoms with Crippen molar-refractivity contribution >= 4 is 23.5 Å². The molecule has 0 atom stereocenters. The van der Waals surface area contributed by atoms with Gasteiger partial charge in [0.15, 0.2) is 0 Å². The van der Waals surface area contributed by atoms with Gasteiger partial charge in [-0.3, -0.25) is 4.79 Å². The number of aromatic nitrogens is 2. The second-order valence-electron chi connectivity index (χ2n) is 6.42. The zero-order valence-corrected chi connectivity index (χ0v) is 14.7. The summed E-state index contributed by atoms with van der Waals surface area (Å²) in [7, 11) is 0. The summed E-state index contributed by atoms with van der Waals surface area (Å²) in [6, 6.07) is 9.27. The molecule has 24 heavy (non-hydrogen) atoms. The standard InChI is InChI=1S/C17H21ClN4O2/c1-17(2,3)15(23)20-9-11-4-6-12(7-5-11)10-24-14-8-13(18)21-16(19)22-14/h4-8H,9-10H2,1-3H3,(H,20,23)(H2,19,21,22). The van der Waals surface area contributed by atoms with Crippen LogP contribution in [0.4, 0.5) is 5.95 Å². The molecule has 128 valence electrons. The van der Waals surface area contributed by atoms with Crippen molar-refractivity contribution in [3.05, 3.63) is 46.6 Å². The molecular weight excluding hydrogens is 328 g/mol. The molecule has 0 unspecified atom stereocenters. The van der Waals surface area contributed by atoms with Gasteiger partial charge < -0.3 is 15.8 Å². The number of rotatable bonds is 5. The Balaban J connectivity index is 1.89. The summed E-state index contributed by atoms with van der Waals surface area (Å²) in [6.45, 7) is 6.48. The van der Waals surface area contributed by atoms with Crippen molar-refractivity contribution in [3.8, 4) is 5.88 Å². The highest BCUT2D eigenvalue weighted by Gasteiger charge is 2.20. The predicted octanol–water partition coefficient (Wildman–Crippen LogP) is 2.95. The van der Waals surface area contributed by atoms with Crippen molar-refractivity contribution in [3.63, 3.8) is 0 Å². The predicted molar refractivity (Wildman–Crippen MR) is 93.5 cm³/mol. The normalized spacial score (nSPS) is 11.2. The first-order valence-electron chi connectivity index (χ1n) is 7.53. The van der Waals surface area contributed by atoms with Gasteiger partial charge in [-0.15, -0.1) is 0 Å².